The molecule has 0 atom stereocenters. The van der Waals surface area contributed by atoms with Crippen LogP contribution in [0.3, 0.4) is 0 Å². The van der Waals surface area contributed by atoms with Gasteiger partial charge in [-0.25, -0.2) is 14.5 Å². The average molecular weight is 341 g/mol. The lowest BCUT2D eigenvalue weighted by molar-refractivity contribution is 0.891. The third-order valence-corrected chi connectivity index (χ3v) is 4.36. The number of imidazole rings is 1. The predicted octanol–water partition coefficient (Wildman–Crippen LogP) is 3.35. The Kier molecular flexibility index (Phi) is 3.08. The van der Waals surface area contributed by atoms with E-state index < -0.39 is 0 Å². The average Bonchev–Trinajstić information content (AvgIpc) is 3.30. The van der Waals surface area contributed by atoms with Gasteiger partial charge >= 0.3 is 0 Å². The van der Waals surface area contributed by atoms with Crippen molar-refractivity contribution in [2.75, 3.05) is 0 Å². The Morgan fingerprint density at radius 3 is 2.73 bits per heavy atom. The highest BCUT2D eigenvalue weighted by Crippen LogP contribution is 2.24. The van der Waals surface area contributed by atoms with E-state index in [-0.39, 0.29) is 0 Å². The Morgan fingerprint density at radius 1 is 1.00 bits per heavy atom. The fourth-order valence-electron chi connectivity index (χ4n) is 2.99. The van der Waals surface area contributed by atoms with Crippen molar-refractivity contribution in [2.24, 2.45) is 0 Å². The molecule has 0 saturated carbocycles. The first-order valence-corrected chi connectivity index (χ1v) is 8.29. The molecule has 5 aromatic rings. The Bertz CT molecular complexity index is 1210. The molecule has 7 nitrogen and oxygen atoms in total. The molecule has 0 spiro atoms. The van der Waals surface area contributed by atoms with Crippen molar-refractivity contribution < 1.29 is 0 Å². The number of hydrogen-bond donors (Lipinski definition) is 1. The molecule has 0 bridgehead atoms. The molecule has 0 amide bonds. The standard InChI is InChI=1S/C19H15N7/c1-11-10-21-12(2)19-24-17(25-26(11)19)13-6-7-14-16(9-13)23-18(22-14)15-5-3-4-8-20-15/h3-10H,1-2H3,(H,22,23). The van der Waals surface area contributed by atoms with Crippen LogP contribution in [-0.2, 0) is 0 Å². The highest BCUT2D eigenvalue weighted by molar-refractivity contribution is 5.83. The van der Waals surface area contributed by atoms with Crippen LogP contribution in [0.2, 0.25) is 0 Å². The zero-order valence-electron chi connectivity index (χ0n) is 14.3. The largest absolute Gasteiger partial charge is 0.337 e. The van der Waals surface area contributed by atoms with Crippen molar-refractivity contribution in [1.82, 2.24) is 34.5 Å². The third kappa shape index (κ3) is 2.25. The van der Waals surface area contributed by atoms with Gasteiger partial charge in [0.05, 0.1) is 22.4 Å². The zero-order chi connectivity index (χ0) is 17.7. The number of H-pyrrole nitrogens is 1. The van der Waals surface area contributed by atoms with Gasteiger partial charge in [-0.3, -0.25) is 9.97 Å². The maximum atomic E-state index is 4.66. The van der Waals surface area contributed by atoms with Crippen molar-refractivity contribution in [2.45, 2.75) is 13.8 Å². The van der Waals surface area contributed by atoms with Gasteiger partial charge in [0.25, 0.3) is 0 Å². The SMILES string of the molecule is Cc1ncc(C)n2nc(-c3ccc4nc(-c5ccccn5)[nH]c4c3)nc12. The summed E-state index contributed by atoms with van der Waals surface area (Å²) >= 11 is 0. The van der Waals surface area contributed by atoms with Crippen LogP contribution in [0.5, 0.6) is 0 Å². The van der Waals surface area contributed by atoms with Crippen LogP contribution in [0, 0.1) is 13.8 Å². The highest BCUT2D eigenvalue weighted by Gasteiger charge is 2.13. The van der Waals surface area contributed by atoms with Crippen LogP contribution in [0.25, 0.3) is 39.6 Å². The summed E-state index contributed by atoms with van der Waals surface area (Å²) in [6.45, 7) is 3.90. The minimum atomic E-state index is 0.667. The molecule has 126 valence electrons. The monoisotopic (exact) mass is 341 g/mol. The van der Waals surface area contributed by atoms with Crippen molar-refractivity contribution in [1.29, 1.82) is 0 Å². The molecule has 0 radical (unpaired) electrons. The summed E-state index contributed by atoms with van der Waals surface area (Å²) in [4.78, 5) is 21.3. The maximum Gasteiger partial charge on any atom is 0.182 e. The second-order valence-electron chi connectivity index (χ2n) is 6.19. The molecule has 0 aliphatic heterocycles. The van der Waals surface area contributed by atoms with E-state index in [4.69, 9.17) is 0 Å². The fourth-order valence-corrected chi connectivity index (χ4v) is 2.99. The molecule has 0 aliphatic carbocycles. The number of aromatic amines is 1. The van der Waals surface area contributed by atoms with E-state index in [2.05, 4.69) is 30.0 Å². The summed E-state index contributed by atoms with van der Waals surface area (Å²) in [7, 11) is 0. The van der Waals surface area contributed by atoms with E-state index in [1.165, 1.54) is 0 Å². The smallest absolute Gasteiger partial charge is 0.182 e. The van der Waals surface area contributed by atoms with Crippen molar-refractivity contribution in [3.05, 3.63) is 60.2 Å². The van der Waals surface area contributed by atoms with E-state index in [1.807, 2.05) is 54.8 Å². The van der Waals surface area contributed by atoms with Gasteiger partial charge in [0.15, 0.2) is 17.3 Å². The van der Waals surface area contributed by atoms with Gasteiger partial charge in [-0.2, -0.15) is 0 Å². The summed E-state index contributed by atoms with van der Waals surface area (Å²) < 4.78 is 1.83. The van der Waals surface area contributed by atoms with Gasteiger partial charge in [-0.15, -0.1) is 5.10 Å². The number of aromatic nitrogens is 7. The number of fused-ring (bicyclic) bond motifs is 2. The fraction of sp³-hybridized carbons (Fsp3) is 0.105. The number of nitrogens with zero attached hydrogens (tertiary/aromatic N) is 6. The first-order chi connectivity index (χ1) is 12.7. The summed E-state index contributed by atoms with van der Waals surface area (Å²) in [5, 5.41) is 4.63. The topological polar surface area (TPSA) is 84.6 Å². The lowest BCUT2D eigenvalue weighted by Crippen LogP contribution is -1.97. The second-order valence-corrected chi connectivity index (χ2v) is 6.19. The van der Waals surface area contributed by atoms with Crippen LogP contribution >= 0.6 is 0 Å². The lowest BCUT2D eigenvalue weighted by Gasteiger charge is -1.97. The van der Waals surface area contributed by atoms with Gasteiger partial charge < -0.3 is 4.98 Å². The second kappa shape index (κ2) is 5.45. The molecule has 0 aliphatic rings. The quantitative estimate of drug-likeness (QED) is 0.532. The molecule has 0 unspecified atom stereocenters. The number of aryl methyl sites for hydroxylation is 2. The summed E-state index contributed by atoms with van der Waals surface area (Å²) in [6, 6.07) is 11.7. The van der Waals surface area contributed by atoms with E-state index in [9.17, 15) is 0 Å². The first-order valence-electron chi connectivity index (χ1n) is 8.29. The van der Waals surface area contributed by atoms with Gasteiger partial charge in [-0.1, -0.05) is 6.07 Å². The molecule has 1 N–H and O–H groups in total. The Labute approximate surface area is 148 Å². The molecular weight excluding hydrogens is 326 g/mol. The molecular formula is C19H15N7. The van der Waals surface area contributed by atoms with Crippen LogP contribution < -0.4 is 0 Å². The predicted molar refractivity (Wildman–Crippen MR) is 98.6 cm³/mol. The number of rotatable bonds is 2. The minimum Gasteiger partial charge on any atom is -0.337 e. The third-order valence-electron chi connectivity index (χ3n) is 4.36. The summed E-state index contributed by atoms with van der Waals surface area (Å²) in [5.41, 5.74) is 6.13. The Hall–Kier alpha value is -3.61. The number of nitrogens with one attached hydrogen (secondary N) is 1. The van der Waals surface area contributed by atoms with Gasteiger partial charge in [0.2, 0.25) is 0 Å². The number of pyridine rings is 1. The molecule has 1 aromatic carbocycles. The van der Waals surface area contributed by atoms with Crippen LogP contribution in [-0.4, -0.2) is 34.5 Å². The maximum absolute atomic E-state index is 4.66. The van der Waals surface area contributed by atoms with Crippen LogP contribution in [0.15, 0.2) is 48.8 Å². The zero-order valence-corrected chi connectivity index (χ0v) is 14.3. The molecule has 0 saturated heterocycles. The number of hydrogen-bond acceptors (Lipinski definition) is 5. The normalized spacial score (nSPS) is 11.5. The Morgan fingerprint density at radius 2 is 1.92 bits per heavy atom. The van der Waals surface area contributed by atoms with Crippen LogP contribution in [0.1, 0.15) is 11.4 Å². The van der Waals surface area contributed by atoms with E-state index in [0.717, 1.165) is 45.2 Å². The lowest BCUT2D eigenvalue weighted by atomic mass is 10.2. The Balaban J connectivity index is 1.64. The van der Waals surface area contributed by atoms with Crippen LogP contribution in [0.4, 0.5) is 0 Å². The molecule has 4 aromatic heterocycles. The van der Waals surface area contributed by atoms with Crippen molar-refractivity contribution in [3.8, 4) is 22.9 Å². The van der Waals surface area contributed by atoms with Gasteiger partial charge in [0, 0.05) is 18.0 Å². The van der Waals surface area contributed by atoms with E-state index in [0.29, 0.717) is 5.82 Å². The molecule has 0 fully saturated rings. The highest BCUT2D eigenvalue weighted by atomic mass is 15.3. The molecule has 5 rings (SSSR count). The molecule has 7 heteroatoms. The van der Waals surface area contributed by atoms with E-state index in [1.54, 1.807) is 12.4 Å². The van der Waals surface area contributed by atoms with Gasteiger partial charge in [0.1, 0.15) is 5.69 Å². The summed E-state index contributed by atoms with van der Waals surface area (Å²) in [6.07, 6.45) is 3.56. The van der Waals surface area contributed by atoms with Gasteiger partial charge in [-0.05, 0) is 44.2 Å². The minimum absolute atomic E-state index is 0.667. The summed E-state index contributed by atoms with van der Waals surface area (Å²) in [5.74, 6) is 1.41. The van der Waals surface area contributed by atoms with Crippen molar-refractivity contribution in [3.63, 3.8) is 0 Å². The molecule has 26 heavy (non-hydrogen) atoms. The first kappa shape index (κ1) is 14.7. The number of benzene rings is 1. The van der Waals surface area contributed by atoms with Crippen molar-refractivity contribution >= 4 is 16.7 Å². The van der Waals surface area contributed by atoms with E-state index >= 15 is 0 Å². The molecule has 4 heterocycles.